The zero-order valence-corrected chi connectivity index (χ0v) is 13.5. The molecule has 23 heavy (non-hydrogen) atoms. The molecule has 0 atom stereocenters. The summed E-state index contributed by atoms with van der Waals surface area (Å²) in [5, 5.41) is 4.34. The van der Waals surface area contributed by atoms with Crippen LogP contribution in [0.25, 0.3) is 0 Å². The maximum atomic E-state index is 12.8. The van der Waals surface area contributed by atoms with Crippen molar-refractivity contribution in [3.8, 4) is 0 Å². The van der Waals surface area contributed by atoms with E-state index in [1.165, 1.54) is 5.56 Å². The second-order valence-corrected chi connectivity index (χ2v) is 6.63. The van der Waals surface area contributed by atoms with Crippen LogP contribution in [0.2, 0.25) is 0 Å². The van der Waals surface area contributed by atoms with Gasteiger partial charge in [-0.3, -0.25) is 14.5 Å². The molecule has 1 saturated heterocycles. The molecule has 5 heteroatoms. The Bertz CT molecular complexity index is 711. The first-order valence-corrected chi connectivity index (χ1v) is 8.49. The number of hydrogen-bond donors (Lipinski definition) is 0. The minimum atomic E-state index is 0.161. The lowest BCUT2D eigenvalue weighted by Gasteiger charge is -2.32. The fraction of sp³-hybridized carbons (Fsp3) is 0.500. The summed E-state index contributed by atoms with van der Waals surface area (Å²) in [5.74, 6) is 0.679. The van der Waals surface area contributed by atoms with E-state index >= 15 is 0 Å². The number of aromatic nitrogens is 3. The first-order chi connectivity index (χ1) is 11.2. The van der Waals surface area contributed by atoms with Crippen LogP contribution in [0, 0.1) is 6.92 Å². The fourth-order valence-electron chi connectivity index (χ4n) is 3.75. The van der Waals surface area contributed by atoms with E-state index in [1.54, 1.807) is 6.20 Å². The number of carbonyl (C=O) groups excluding carboxylic acids is 1. The van der Waals surface area contributed by atoms with Gasteiger partial charge in [0.05, 0.1) is 17.5 Å². The molecule has 120 valence electrons. The van der Waals surface area contributed by atoms with Crippen LogP contribution in [-0.2, 0) is 13.0 Å². The highest BCUT2D eigenvalue weighted by Gasteiger charge is 2.28. The van der Waals surface area contributed by atoms with E-state index in [-0.39, 0.29) is 5.91 Å². The number of aryl methyl sites for hydroxylation is 2. The number of piperidine rings is 1. The van der Waals surface area contributed by atoms with Crippen LogP contribution in [0.15, 0.2) is 24.5 Å². The molecular weight excluding hydrogens is 288 g/mol. The maximum Gasteiger partial charge on any atom is 0.257 e. The Morgan fingerprint density at radius 3 is 2.74 bits per heavy atom. The van der Waals surface area contributed by atoms with Gasteiger partial charge in [0.1, 0.15) is 0 Å². The average Bonchev–Trinajstić information content (AvgIpc) is 3.18. The summed E-state index contributed by atoms with van der Waals surface area (Å²) in [7, 11) is 0. The van der Waals surface area contributed by atoms with Gasteiger partial charge in [-0.05, 0) is 50.2 Å². The van der Waals surface area contributed by atoms with Crippen LogP contribution < -0.4 is 0 Å². The van der Waals surface area contributed by atoms with Crippen molar-refractivity contribution in [3.05, 3.63) is 47.0 Å². The van der Waals surface area contributed by atoms with E-state index in [0.717, 1.165) is 62.3 Å². The van der Waals surface area contributed by atoms with Crippen LogP contribution in [0.4, 0.5) is 0 Å². The van der Waals surface area contributed by atoms with Crippen molar-refractivity contribution in [2.24, 2.45) is 0 Å². The Morgan fingerprint density at radius 1 is 1.17 bits per heavy atom. The van der Waals surface area contributed by atoms with Crippen molar-refractivity contribution in [2.45, 2.75) is 45.1 Å². The Morgan fingerprint density at radius 2 is 2.00 bits per heavy atom. The molecule has 0 spiro atoms. The summed E-state index contributed by atoms with van der Waals surface area (Å²) in [5.41, 5.74) is 4.29. The second kappa shape index (κ2) is 5.80. The van der Waals surface area contributed by atoms with E-state index in [0.29, 0.717) is 5.92 Å². The first kappa shape index (κ1) is 14.4. The molecule has 0 bridgehead atoms. The third-order valence-electron chi connectivity index (χ3n) is 5.15. The third-order valence-corrected chi connectivity index (χ3v) is 5.15. The van der Waals surface area contributed by atoms with Gasteiger partial charge in [-0.2, -0.15) is 5.10 Å². The number of hydrogen-bond acceptors (Lipinski definition) is 3. The normalized spacial score (nSPS) is 18.2. The summed E-state index contributed by atoms with van der Waals surface area (Å²) in [4.78, 5) is 19.2. The summed E-state index contributed by atoms with van der Waals surface area (Å²) in [6, 6.07) is 4.25. The van der Waals surface area contributed by atoms with Crippen LogP contribution in [0.5, 0.6) is 0 Å². The number of nitrogens with zero attached hydrogens (tertiary/aromatic N) is 4. The van der Waals surface area contributed by atoms with Crippen LogP contribution in [-0.4, -0.2) is 38.7 Å². The largest absolute Gasteiger partial charge is 0.338 e. The van der Waals surface area contributed by atoms with Crippen molar-refractivity contribution in [3.63, 3.8) is 0 Å². The topological polar surface area (TPSA) is 51.0 Å². The van der Waals surface area contributed by atoms with Gasteiger partial charge in [-0.15, -0.1) is 0 Å². The summed E-state index contributed by atoms with van der Waals surface area (Å²) >= 11 is 0. The van der Waals surface area contributed by atoms with Gasteiger partial charge in [0.2, 0.25) is 0 Å². The highest BCUT2D eigenvalue weighted by atomic mass is 16.2. The van der Waals surface area contributed by atoms with Gasteiger partial charge in [0, 0.05) is 31.5 Å². The Kier molecular flexibility index (Phi) is 3.63. The van der Waals surface area contributed by atoms with Gasteiger partial charge in [-0.1, -0.05) is 6.07 Å². The number of amides is 1. The number of fused-ring (bicyclic) bond motifs is 1. The molecule has 0 radical (unpaired) electrons. The standard InChI is InChI=1S/C18H22N4O/c1-13-4-5-15(11-19-13)14-6-9-21(10-7-14)18(23)16-12-20-22-8-2-3-17(16)22/h4-5,11-12,14H,2-3,6-10H2,1H3. The molecule has 5 nitrogen and oxygen atoms in total. The lowest BCUT2D eigenvalue weighted by molar-refractivity contribution is 0.0712. The summed E-state index contributed by atoms with van der Waals surface area (Å²) < 4.78 is 1.98. The van der Waals surface area contributed by atoms with Gasteiger partial charge < -0.3 is 4.90 Å². The molecule has 0 unspecified atom stereocenters. The van der Waals surface area contributed by atoms with Crippen molar-refractivity contribution >= 4 is 5.91 Å². The molecule has 1 amide bonds. The number of likely N-dealkylation sites (tertiary alicyclic amines) is 1. The van der Waals surface area contributed by atoms with Crippen LogP contribution in [0.3, 0.4) is 0 Å². The zero-order valence-electron chi connectivity index (χ0n) is 13.5. The predicted octanol–water partition coefficient (Wildman–Crippen LogP) is 2.55. The quantitative estimate of drug-likeness (QED) is 0.856. The van der Waals surface area contributed by atoms with Gasteiger partial charge in [-0.25, -0.2) is 0 Å². The number of carbonyl (C=O) groups is 1. The maximum absolute atomic E-state index is 12.8. The van der Waals surface area contributed by atoms with Gasteiger partial charge in [0.15, 0.2) is 0 Å². The highest BCUT2D eigenvalue weighted by molar-refractivity contribution is 5.95. The van der Waals surface area contributed by atoms with Gasteiger partial charge in [0.25, 0.3) is 5.91 Å². The molecule has 2 aromatic rings. The molecule has 0 saturated carbocycles. The van der Waals surface area contributed by atoms with Crippen molar-refractivity contribution in [1.29, 1.82) is 0 Å². The zero-order chi connectivity index (χ0) is 15.8. The molecule has 0 N–H and O–H groups in total. The minimum absolute atomic E-state index is 0.161. The minimum Gasteiger partial charge on any atom is -0.338 e. The monoisotopic (exact) mass is 310 g/mol. The molecule has 4 rings (SSSR count). The predicted molar refractivity (Wildman–Crippen MR) is 87.4 cm³/mol. The summed E-state index contributed by atoms with van der Waals surface area (Å²) in [6.07, 6.45) is 7.85. The lowest BCUT2D eigenvalue weighted by Crippen LogP contribution is -2.38. The van der Waals surface area contributed by atoms with E-state index in [4.69, 9.17) is 0 Å². The molecule has 2 aliphatic heterocycles. The third kappa shape index (κ3) is 2.64. The van der Waals surface area contributed by atoms with Crippen molar-refractivity contribution in [2.75, 3.05) is 13.1 Å². The van der Waals surface area contributed by atoms with Crippen LogP contribution in [0.1, 0.15) is 52.5 Å². The first-order valence-electron chi connectivity index (χ1n) is 8.49. The Hall–Kier alpha value is -2.17. The molecular formula is C18H22N4O. The summed E-state index contributed by atoms with van der Waals surface area (Å²) in [6.45, 7) is 4.60. The van der Waals surface area contributed by atoms with E-state index in [1.807, 2.05) is 22.7 Å². The lowest BCUT2D eigenvalue weighted by atomic mass is 9.90. The number of pyridine rings is 1. The highest BCUT2D eigenvalue weighted by Crippen LogP contribution is 2.29. The van der Waals surface area contributed by atoms with Crippen LogP contribution >= 0.6 is 0 Å². The van der Waals surface area contributed by atoms with Gasteiger partial charge >= 0.3 is 0 Å². The molecule has 4 heterocycles. The Labute approximate surface area is 136 Å². The Balaban J connectivity index is 1.43. The molecule has 2 aromatic heterocycles. The molecule has 0 aliphatic carbocycles. The second-order valence-electron chi connectivity index (χ2n) is 6.63. The van der Waals surface area contributed by atoms with E-state index in [9.17, 15) is 4.79 Å². The van der Waals surface area contributed by atoms with Crippen molar-refractivity contribution < 1.29 is 4.79 Å². The number of rotatable bonds is 2. The molecule has 2 aliphatic rings. The van der Waals surface area contributed by atoms with Crippen molar-refractivity contribution in [1.82, 2.24) is 19.7 Å². The smallest absolute Gasteiger partial charge is 0.257 e. The van der Waals surface area contributed by atoms with E-state index in [2.05, 4.69) is 22.2 Å². The fourth-order valence-corrected chi connectivity index (χ4v) is 3.75. The molecule has 1 fully saturated rings. The SMILES string of the molecule is Cc1ccc(C2CCN(C(=O)c3cnn4c3CCC4)CC2)cn1. The molecule has 0 aromatic carbocycles. The average molecular weight is 310 g/mol. The van der Waals surface area contributed by atoms with E-state index < -0.39 is 0 Å².